The first-order chi connectivity index (χ1) is 18.0. The fourth-order valence-electron chi connectivity index (χ4n) is 4.28. The van der Waals surface area contributed by atoms with Gasteiger partial charge in [0, 0.05) is 12.4 Å². The van der Waals surface area contributed by atoms with E-state index in [0.29, 0.717) is 40.1 Å². The van der Waals surface area contributed by atoms with Crippen molar-refractivity contribution in [2.45, 2.75) is 13.0 Å². The molecule has 0 aliphatic carbocycles. The standard InChI is InChI=1S/C27H23N3O6S/c1-4-36-17-7-9-19-21(13-17)37-27(29-19)30-23(15-6-5-11-28-14-15)22(25(32)26(30)33)24(31)18-12-16(34-2)8-10-20(18)35-3/h5-14,23,31H,4H2,1-3H3/b24-22+. The van der Waals surface area contributed by atoms with Gasteiger partial charge in [0.1, 0.15) is 23.0 Å². The quantitative estimate of drug-likeness (QED) is 0.213. The zero-order chi connectivity index (χ0) is 26.1. The number of ether oxygens (including phenoxy) is 3. The highest BCUT2D eigenvalue weighted by atomic mass is 32.1. The summed E-state index contributed by atoms with van der Waals surface area (Å²) >= 11 is 1.25. The predicted molar refractivity (Wildman–Crippen MR) is 139 cm³/mol. The number of methoxy groups -OCH3 is 2. The Hall–Kier alpha value is -4.44. The molecule has 1 saturated heterocycles. The molecule has 1 fully saturated rings. The van der Waals surface area contributed by atoms with Crippen LogP contribution in [0.4, 0.5) is 5.13 Å². The van der Waals surface area contributed by atoms with Gasteiger partial charge in [-0.1, -0.05) is 17.4 Å². The van der Waals surface area contributed by atoms with Crippen LogP contribution in [-0.4, -0.2) is 47.6 Å². The molecule has 0 bridgehead atoms. The summed E-state index contributed by atoms with van der Waals surface area (Å²) in [7, 11) is 2.94. The highest BCUT2D eigenvalue weighted by Gasteiger charge is 2.48. The lowest BCUT2D eigenvalue weighted by molar-refractivity contribution is -0.132. The van der Waals surface area contributed by atoms with E-state index in [-0.39, 0.29) is 16.9 Å². The second-order valence-corrected chi connectivity index (χ2v) is 9.09. The van der Waals surface area contributed by atoms with Crippen LogP contribution in [0.15, 0.2) is 66.5 Å². The molecule has 0 spiro atoms. The number of anilines is 1. The van der Waals surface area contributed by atoms with Gasteiger partial charge in [0.2, 0.25) is 0 Å². The highest BCUT2D eigenvalue weighted by Crippen LogP contribution is 2.45. The zero-order valence-electron chi connectivity index (χ0n) is 20.3. The molecule has 188 valence electrons. The minimum absolute atomic E-state index is 0.0983. The van der Waals surface area contributed by atoms with Gasteiger partial charge >= 0.3 is 5.91 Å². The van der Waals surface area contributed by atoms with Crippen molar-refractivity contribution in [3.8, 4) is 17.2 Å². The first kappa shape index (κ1) is 24.3. The molecule has 1 N–H and O–H groups in total. The van der Waals surface area contributed by atoms with E-state index in [2.05, 4.69) is 9.97 Å². The third kappa shape index (κ3) is 4.25. The summed E-state index contributed by atoms with van der Waals surface area (Å²) in [4.78, 5) is 37.0. The van der Waals surface area contributed by atoms with E-state index in [1.807, 2.05) is 13.0 Å². The summed E-state index contributed by atoms with van der Waals surface area (Å²) in [5.41, 5.74) is 1.32. The second-order valence-electron chi connectivity index (χ2n) is 8.08. The fraction of sp³-hybridized carbons (Fsp3) is 0.185. The number of benzene rings is 2. The molecular formula is C27H23N3O6S. The van der Waals surface area contributed by atoms with Crippen molar-refractivity contribution in [3.05, 3.63) is 77.6 Å². The van der Waals surface area contributed by atoms with Crippen LogP contribution in [0.2, 0.25) is 0 Å². The van der Waals surface area contributed by atoms with Crippen LogP contribution >= 0.6 is 11.3 Å². The number of nitrogens with zero attached hydrogens (tertiary/aromatic N) is 3. The zero-order valence-corrected chi connectivity index (χ0v) is 21.1. The fourth-order valence-corrected chi connectivity index (χ4v) is 5.30. The molecular weight excluding hydrogens is 494 g/mol. The van der Waals surface area contributed by atoms with Crippen LogP contribution in [0.25, 0.3) is 16.0 Å². The van der Waals surface area contributed by atoms with Gasteiger partial charge in [-0.2, -0.15) is 0 Å². The van der Waals surface area contributed by atoms with Crippen molar-refractivity contribution in [1.29, 1.82) is 0 Å². The predicted octanol–water partition coefficient (Wildman–Crippen LogP) is 4.73. The van der Waals surface area contributed by atoms with Crippen molar-refractivity contribution in [3.63, 3.8) is 0 Å². The number of aliphatic hydroxyl groups is 1. The topological polar surface area (TPSA) is 111 Å². The second kappa shape index (κ2) is 9.90. The molecule has 0 radical (unpaired) electrons. The molecule has 1 atom stereocenters. The largest absolute Gasteiger partial charge is 0.507 e. The van der Waals surface area contributed by atoms with E-state index in [0.717, 1.165) is 4.70 Å². The van der Waals surface area contributed by atoms with Crippen LogP contribution in [0, 0.1) is 0 Å². The van der Waals surface area contributed by atoms with Crippen molar-refractivity contribution in [1.82, 2.24) is 9.97 Å². The lowest BCUT2D eigenvalue weighted by Gasteiger charge is -2.22. The van der Waals surface area contributed by atoms with Crippen molar-refractivity contribution in [2.24, 2.45) is 0 Å². The summed E-state index contributed by atoms with van der Waals surface area (Å²) in [5.74, 6) is -0.582. The Morgan fingerprint density at radius 2 is 1.89 bits per heavy atom. The molecule has 2 aromatic carbocycles. The lowest BCUT2D eigenvalue weighted by atomic mass is 9.96. The van der Waals surface area contributed by atoms with Crippen LogP contribution in [0.3, 0.4) is 0 Å². The number of hydrogen-bond donors (Lipinski definition) is 1. The summed E-state index contributed by atoms with van der Waals surface area (Å²) < 4.78 is 17.1. The summed E-state index contributed by atoms with van der Waals surface area (Å²) in [6.07, 6.45) is 3.15. The molecule has 37 heavy (non-hydrogen) atoms. The number of rotatable bonds is 7. The van der Waals surface area contributed by atoms with Gasteiger partial charge in [-0.05, 0) is 55.0 Å². The number of thiazole rings is 1. The van der Waals surface area contributed by atoms with Gasteiger partial charge in [0.15, 0.2) is 5.13 Å². The SMILES string of the molecule is CCOc1ccc2nc(N3C(=O)C(=O)/C(=C(/O)c4cc(OC)ccc4OC)C3c3cccnc3)sc2c1. The van der Waals surface area contributed by atoms with E-state index in [1.54, 1.807) is 54.9 Å². The third-order valence-corrected chi connectivity index (χ3v) is 6.99. The minimum Gasteiger partial charge on any atom is -0.507 e. The minimum atomic E-state index is -0.962. The molecule has 2 aromatic heterocycles. The maximum Gasteiger partial charge on any atom is 0.301 e. The Labute approximate surface area is 216 Å². The smallest absolute Gasteiger partial charge is 0.301 e. The molecule has 3 heterocycles. The van der Waals surface area contributed by atoms with Crippen LogP contribution in [0.5, 0.6) is 17.2 Å². The Morgan fingerprint density at radius 1 is 1.08 bits per heavy atom. The lowest BCUT2D eigenvalue weighted by Crippen LogP contribution is -2.29. The molecule has 1 aliphatic rings. The Morgan fingerprint density at radius 3 is 2.59 bits per heavy atom. The average Bonchev–Trinajstić information content (AvgIpc) is 3.46. The maximum atomic E-state index is 13.5. The summed E-state index contributed by atoms with van der Waals surface area (Å²) in [5, 5.41) is 11.8. The number of carbonyl (C=O) groups is 2. The Balaban J connectivity index is 1.71. The maximum absolute atomic E-state index is 13.5. The number of fused-ring (bicyclic) bond motifs is 1. The number of pyridine rings is 1. The monoisotopic (exact) mass is 517 g/mol. The van der Waals surface area contributed by atoms with Crippen molar-refractivity contribution in [2.75, 3.05) is 25.7 Å². The van der Waals surface area contributed by atoms with E-state index < -0.39 is 17.7 Å². The van der Waals surface area contributed by atoms with Crippen LogP contribution in [0.1, 0.15) is 24.1 Å². The molecule has 10 heteroatoms. The molecule has 1 aliphatic heterocycles. The van der Waals surface area contributed by atoms with E-state index >= 15 is 0 Å². The van der Waals surface area contributed by atoms with Crippen molar-refractivity contribution >= 4 is 44.1 Å². The van der Waals surface area contributed by atoms with Crippen LogP contribution < -0.4 is 19.1 Å². The molecule has 1 unspecified atom stereocenters. The van der Waals surface area contributed by atoms with Gasteiger partial charge in [0.25, 0.3) is 5.78 Å². The van der Waals surface area contributed by atoms with Gasteiger partial charge in [-0.3, -0.25) is 19.5 Å². The third-order valence-electron chi connectivity index (χ3n) is 5.97. The molecule has 0 saturated carbocycles. The average molecular weight is 518 g/mol. The molecule has 5 rings (SSSR count). The number of amides is 1. The summed E-state index contributed by atoms with van der Waals surface area (Å²) in [6, 6.07) is 12.8. The number of hydrogen-bond acceptors (Lipinski definition) is 9. The normalized spacial score (nSPS) is 16.8. The molecule has 4 aromatic rings. The number of aromatic nitrogens is 2. The number of ketones is 1. The van der Waals surface area contributed by atoms with Gasteiger partial charge in [0.05, 0.1) is 48.2 Å². The molecule has 1 amide bonds. The van der Waals surface area contributed by atoms with Gasteiger partial charge in [-0.15, -0.1) is 0 Å². The molecule has 9 nitrogen and oxygen atoms in total. The van der Waals surface area contributed by atoms with E-state index in [4.69, 9.17) is 14.2 Å². The van der Waals surface area contributed by atoms with E-state index in [9.17, 15) is 14.7 Å². The highest BCUT2D eigenvalue weighted by molar-refractivity contribution is 7.22. The first-order valence-electron chi connectivity index (χ1n) is 11.4. The Bertz CT molecular complexity index is 1530. The van der Waals surface area contributed by atoms with E-state index in [1.165, 1.54) is 30.5 Å². The van der Waals surface area contributed by atoms with Gasteiger partial charge < -0.3 is 19.3 Å². The van der Waals surface area contributed by atoms with Crippen molar-refractivity contribution < 1.29 is 28.9 Å². The number of carbonyl (C=O) groups excluding carboxylic acids is 2. The van der Waals surface area contributed by atoms with Gasteiger partial charge in [-0.25, -0.2) is 4.98 Å². The first-order valence-corrected chi connectivity index (χ1v) is 12.2. The Kier molecular flexibility index (Phi) is 6.49. The number of Topliss-reactive ketones (excluding diaryl/α,β-unsaturated/α-hetero) is 1. The summed E-state index contributed by atoms with van der Waals surface area (Å²) in [6.45, 7) is 2.41. The van der Waals surface area contributed by atoms with Crippen LogP contribution in [-0.2, 0) is 9.59 Å². The number of aliphatic hydroxyl groups excluding tert-OH is 1.